The second-order valence-electron chi connectivity index (χ2n) is 6.60. The molecular formula is C21H25N3O6S. The van der Waals surface area contributed by atoms with E-state index in [-0.39, 0.29) is 18.1 Å². The molecule has 0 aromatic heterocycles. The molecule has 31 heavy (non-hydrogen) atoms. The van der Waals surface area contributed by atoms with Gasteiger partial charge in [-0.15, -0.1) is 11.8 Å². The molecule has 6 N–H and O–H groups in total. The Hall–Kier alpha value is -2.92. The van der Waals surface area contributed by atoms with Crippen molar-refractivity contribution < 1.29 is 29.8 Å². The first-order valence-corrected chi connectivity index (χ1v) is 10.6. The van der Waals surface area contributed by atoms with E-state index in [4.69, 9.17) is 10.3 Å². The van der Waals surface area contributed by atoms with Crippen LogP contribution in [0.3, 0.4) is 0 Å². The lowest BCUT2D eigenvalue weighted by molar-refractivity contribution is -0.131. The standard InChI is InChI=1S/C21H25N3O6S/c25-11-17(26)12-31-13-19(27)22-10-18(21(29)24-30)23-20(28)16-8-6-15(7-9-16)14-4-2-1-3-5-14/h1-9,17-18,25-26,30H,10-13H2,(H,22,27)(H,23,28)(H,24,29)/t17?,18-/m0/s1. The molecule has 10 heteroatoms. The van der Waals surface area contributed by atoms with Gasteiger partial charge in [0.05, 0.1) is 18.5 Å². The maximum absolute atomic E-state index is 12.5. The third-order valence-electron chi connectivity index (χ3n) is 4.24. The van der Waals surface area contributed by atoms with E-state index in [1.165, 1.54) is 5.48 Å². The van der Waals surface area contributed by atoms with Crippen LogP contribution in [0.1, 0.15) is 10.4 Å². The number of nitrogens with one attached hydrogen (secondary N) is 3. The lowest BCUT2D eigenvalue weighted by Crippen LogP contribution is -2.52. The summed E-state index contributed by atoms with van der Waals surface area (Å²) in [5.41, 5.74) is 3.71. The molecule has 0 radical (unpaired) electrons. The fourth-order valence-corrected chi connectivity index (χ4v) is 3.36. The molecule has 2 rings (SSSR count). The van der Waals surface area contributed by atoms with E-state index < -0.39 is 36.5 Å². The molecular weight excluding hydrogens is 422 g/mol. The summed E-state index contributed by atoms with van der Waals surface area (Å²) in [5.74, 6) is -1.66. The number of hydroxylamine groups is 1. The third-order valence-corrected chi connectivity index (χ3v) is 5.33. The molecule has 1 unspecified atom stereocenters. The topological polar surface area (TPSA) is 148 Å². The summed E-state index contributed by atoms with van der Waals surface area (Å²) in [5, 5.41) is 31.9. The van der Waals surface area contributed by atoms with Gasteiger partial charge < -0.3 is 20.8 Å². The maximum Gasteiger partial charge on any atom is 0.267 e. The van der Waals surface area contributed by atoms with Crippen molar-refractivity contribution in [3.63, 3.8) is 0 Å². The van der Waals surface area contributed by atoms with Crippen LogP contribution in [0.25, 0.3) is 11.1 Å². The molecule has 0 aliphatic carbocycles. The molecule has 0 heterocycles. The van der Waals surface area contributed by atoms with Gasteiger partial charge in [0.2, 0.25) is 5.91 Å². The van der Waals surface area contributed by atoms with Crippen molar-refractivity contribution in [2.75, 3.05) is 24.7 Å². The third kappa shape index (κ3) is 8.02. The van der Waals surface area contributed by atoms with Crippen molar-refractivity contribution in [2.24, 2.45) is 0 Å². The number of amides is 3. The summed E-state index contributed by atoms with van der Waals surface area (Å²) in [6.07, 6.45) is -0.918. The number of aliphatic hydroxyl groups is 2. The van der Waals surface area contributed by atoms with Gasteiger partial charge in [0, 0.05) is 17.9 Å². The van der Waals surface area contributed by atoms with Gasteiger partial charge in [-0.1, -0.05) is 42.5 Å². The molecule has 0 spiro atoms. The summed E-state index contributed by atoms with van der Waals surface area (Å²) in [7, 11) is 0. The Morgan fingerprint density at radius 1 is 0.968 bits per heavy atom. The van der Waals surface area contributed by atoms with Gasteiger partial charge in [0.15, 0.2) is 0 Å². The Balaban J connectivity index is 1.92. The van der Waals surface area contributed by atoms with Crippen molar-refractivity contribution in [2.45, 2.75) is 12.1 Å². The van der Waals surface area contributed by atoms with E-state index in [2.05, 4.69) is 10.6 Å². The molecule has 9 nitrogen and oxygen atoms in total. The molecule has 0 saturated heterocycles. The largest absolute Gasteiger partial charge is 0.394 e. The number of thioether (sulfide) groups is 1. The monoisotopic (exact) mass is 447 g/mol. The van der Waals surface area contributed by atoms with Crippen LogP contribution in [0.15, 0.2) is 54.6 Å². The average molecular weight is 448 g/mol. The van der Waals surface area contributed by atoms with Crippen LogP contribution in [-0.2, 0) is 9.59 Å². The van der Waals surface area contributed by atoms with Gasteiger partial charge in [-0.05, 0) is 23.3 Å². The molecule has 2 aromatic rings. The Bertz CT molecular complexity index is 863. The normalized spacial score (nSPS) is 12.5. The van der Waals surface area contributed by atoms with Gasteiger partial charge >= 0.3 is 0 Å². The van der Waals surface area contributed by atoms with Crippen LogP contribution in [0.5, 0.6) is 0 Å². The molecule has 166 valence electrons. The fourth-order valence-electron chi connectivity index (χ4n) is 2.58. The first-order chi connectivity index (χ1) is 14.9. The zero-order chi connectivity index (χ0) is 22.6. The zero-order valence-corrected chi connectivity index (χ0v) is 17.5. The zero-order valence-electron chi connectivity index (χ0n) is 16.7. The van der Waals surface area contributed by atoms with Crippen molar-refractivity contribution >= 4 is 29.5 Å². The summed E-state index contributed by atoms with van der Waals surface area (Å²) in [6, 6.07) is 15.2. The number of hydrogen-bond acceptors (Lipinski definition) is 7. The van der Waals surface area contributed by atoms with E-state index in [9.17, 15) is 19.5 Å². The number of aliphatic hydroxyl groups excluding tert-OH is 2. The minimum atomic E-state index is -1.19. The highest BCUT2D eigenvalue weighted by Gasteiger charge is 2.22. The van der Waals surface area contributed by atoms with Crippen molar-refractivity contribution in [3.05, 3.63) is 60.2 Å². The van der Waals surface area contributed by atoms with Crippen LogP contribution in [-0.4, -0.2) is 69.9 Å². The summed E-state index contributed by atoms with van der Waals surface area (Å²) < 4.78 is 0. The Kier molecular flexibility index (Phi) is 9.98. The van der Waals surface area contributed by atoms with Crippen molar-refractivity contribution in [1.29, 1.82) is 0 Å². The number of rotatable bonds is 11. The SMILES string of the molecule is O=C(CSCC(O)CO)NC[C@H](NC(=O)c1ccc(-c2ccccc2)cc1)C(=O)NO. The van der Waals surface area contributed by atoms with E-state index in [0.29, 0.717) is 5.56 Å². The molecule has 0 bridgehead atoms. The predicted octanol–water partition coefficient (Wildman–Crippen LogP) is 0.160. The Labute approximate surface area is 183 Å². The minimum absolute atomic E-state index is 0.000577. The number of hydrogen-bond donors (Lipinski definition) is 6. The van der Waals surface area contributed by atoms with Crippen LogP contribution < -0.4 is 16.1 Å². The first kappa shape index (κ1) is 24.4. The number of carbonyl (C=O) groups excluding carboxylic acids is 3. The minimum Gasteiger partial charge on any atom is -0.394 e. The molecule has 0 fully saturated rings. The van der Waals surface area contributed by atoms with Crippen LogP contribution >= 0.6 is 11.8 Å². The quantitative estimate of drug-likeness (QED) is 0.212. The highest BCUT2D eigenvalue weighted by atomic mass is 32.2. The lowest BCUT2D eigenvalue weighted by Gasteiger charge is -2.17. The summed E-state index contributed by atoms with van der Waals surface area (Å²) in [6.45, 7) is -0.631. The van der Waals surface area contributed by atoms with E-state index in [1.54, 1.807) is 24.3 Å². The van der Waals surface area contributed by atoms with Gasteiger partial charge in [-0.2, -0.15) is 0 Å². The van der Waals surface area contributed by atoms with Crippen LogP contribution in [0.2, 0.25) is 0 Å². The molecule has 0 aliphatic rings. The van der Waals surface area contributed by atoms with Gasteiger partial charge in [0.25, 0.3) is 11.8 Å². The van der Waals surface area contributed by atoms with E-state index >= 15 is 0 Å². The second-order valence-corrected chi connectivity index (χ2v) is 7.63. The smallest absolute Gasteiger partial charge is 0.267 e. The predicted molar refractivity (Wildman–Crippen MR) is 116 cm³/mol. The number of carbonyl (C=O) groups is 3. The van der Waals surface area contributed by atoms with Gasteiger partial charge in [-0.3, -0.25) is 19.6 Å². The summed E-state index contributed by atoms with van der Waals surface area (Å²) >= 11 is 1.11. The molecule has 2 atom stereocenters. The highest BCUT2D eigenvalue weighted by molar-refractivity contribution is 7.99. The van der Waals surface area contributed by atoms with Gasteiger partial charge in [-0.25, -0.2) is 5.48 Å². The van der Waals surface area contributed by atoms with Crippen LogP contribution in [0, 0.1) is 0 Å². The fraction of sp³-hybridized carbons (Fsp3) is 0.286. The highest BCUT2D eigenvalue weighted by Crippen LogP contribution is 2.19. The first-order valence-electron chi connectivity index (χ1n) is 9.48. The molecule has 0 aliphatic heterocycles. The van der Waals surface area contributed by atoms with Gasteiger partial charge in [0.1, 0.15) is 6.04 Å². The number of benzene rings is 2. The van der Waals surface area contributed by atoms with E-state index in [1.807, 2.05) is 30.3 Å². The van der Waals surface area contributed by atoms with Crippen molar-refractivity contribution in [1.82, 2.24) is 16.1 Å². The average Bonchev–Trinajstić information content (AvgIpc) is 2.81. The maximum atomic E-state index is 12.5. The molecule has 0 saturated carbocycles. The Morgan fingerprint density at radius 3 is 2.23 bits per heavy atom. The van der Waals surface area contributed by atoms with Crippen molar-refractivity contribution in [3.8, 4) is 11.1 Å². The molecule has 2 aromatic carbocycles. The Morgan fingerprint density at radius 2 is 1.61 bits per heavy atom. The second kappa shape index (κ2) is 12.7. The molecule has 3 amide bonds. The lowest BCUT2D eigenvalue weighted by atomic mass is 10.0. The van der Waals surface area contributed by atoms with Crippen LogP contribution in [0.4, 0.5) is 0 Å². The summed E-state index contributed by atoms with van der Waals surface area (Å²) in [4.78, 5) is 36.3. The van der Waals surface area contributed by atoms with E-state index in [0.717, 1.165) is 22.9 Å².